The first-order valence-electron chi connectivity index (χ1n) is 9.59. The van der Waals surface area contributed by atoms with E-state index in [0.717, 1.165) is 17.8 Å². The van der Waals surface area contributed by atoms with Crippen LogP contribution in [0.5, 0.6) is 0 Å². The molecular weight excluding hydrogens is 344 g/mol. The van der Waals surface area contributed by atoms with Crippen molar-refractivity contribution in [3.8, 4) is 0 Å². The van der Waals surface area contributed by atoms with Crippen molar-refractivity contribution in [2.24, 2.45) is 5.92 Å². The first kappa shape index (κ1) is 17.6. The van der Waals surface area contributed by atoms with Gasteiger partial charge in [0, 0.05) is 23.0 Å². The molecule has 27 heavy (non-hydrogen) atoms. The Morgan fingerprint density at radius 3 is 2.70 bits per heavy atom. The van der Waals surface area contributed by atoms with Gasteiger partial charge in [0.1, 0.15) is 6.61 Å². The van der Waals surface area contributed by atoms with E-state index in [0.29, 0.717) is 30.5 Å². The van der Waals surface area contributed by atoms with Gasteiger partial charge in [0.2, 0.25) is 0 Å². The van der Waals surface area contributed by atoms with Crippen molar-refractivity contribution >= 4 is 23.5 Å². The Bertz CT molecular complexity index is 809. The van der Waals surface area contributed by atoms with Gasteiger partial charge in [-0.3, -0.25) is 14.8 Å². The topological polar surface area (TPSA) is 87.3 Å². The third-order valence-electron chi connectivity index (χ3n) is 5.31. The molecule has 2 amide bonds. The minimum atomic E-state index is -0.353. The Hall–Kier alpha value is -2.83. The van der Waals surface area contributed by atoms with Crippen LogP contribution in [0.3, 0.4) is 0 Å². The van der Waals surface area contributed by atoms with Gasteiger partial charge < -0.3 is 10.1 Å². The fourth-order valence-corrected chi connectivity index (χ4v) is 3.84. The van der Waals surface area contributed by atoms with E-state index in [1.54, 1.807) is 29.2 Å². The normalized spacial score (nSPS) is 17.8. The zero-order valence-corrected chi connectivity index (χ0v) is 15.2. The minimum absolute atomic E-state index is 0.221. The summed E-state index contributed by atoms with van der Waals surface area (Å²) in [5, 5.41) is 10.1. The molecule has 0 unspecified atom stereocenters. The van der Waals surface area contributed by atoms with Crippen molar-refractivity contribution in [2.45, 2.75) is 38.5 Å². The molecule has 0 spiro atoms. The summed E-state index contributed by atoms with van der Waals surface area (Å²) in [4.78, 5) is 25.6. The van der Waals surface area contributed by atoms with Gasteiger partial charge in [-0.1, -0.05) is 32.1 Å². The third-order valence-corrected chi connectivity index (χ3v) is 5.31. The van der Waals surface area contributed by atoms with E-state index in [1.807, 2.05) is 6.07 Å². The molecule has 2 aromatic rings. The lowest BCUT2D eigenvalue weighted by Gasteiger charge is -2.20. The average Bonchev–Trinajstić information content (AvgIpc) is 3.31. The number of aromatic nitrogens is 2. The number of aromatic amines is 1. The Labute approximate surface area is 158 Å². The Kier molecular flexibility index (Phi) is 5.09. The molecule has 1 aliphatic carbocycles. The van der Waals surface area contributed by atoms with Crippen LogP contribution < -0.4 is 10.2 Å². The maximum Gasteiger partial charge on any atom is 0.414 e. The summed E-state index contributed by atoms with van der Waals surface area (Å²) in [6.45, 7) is 0.921. The average molecular weight is 368 g/mol. The Morgan fingerprint density at radius 1 is 1.22 bits per heavy atom. The highest BCUT2D eigenvalue weighted by atomic mass is 16.6. The second-order valence-corrected chi connectivity index (χ2v) is 7.25. The van der Waals surface area contributed by atoms with Crippen molar-refractivity contribution in [2.75, 3.05) is 23.4 Å². The number of nitrogens with zero attached hydrogens (tertiary/aromatic N) is 2. The highest BCUT2D eigenvalue weighted by molar-refractivity contribution is 6.04. The van der Waals surface area contributed by atoms with Crippen LogP contribution in [-0.2, 0) is 11.2 Å². The standard InChI is InChI=1S/C20H24N4O3/c25-19(15-6-8-17(9-7-15)24-10-11-27-20(24)26)21-18-13-16(22-23-18)12-14-4-2-1-3-5-14/h6-9,13-14H,1-5,10-12H2,(H2,21,22,23,25). The summed E-state index contributed by atoms with van der Waals surface area (Å²) in [7, 11) is 0. The molecule has 1 aromatic carbocycles. The first-order chi connectivity index (χ1) is 13.2. The van der Waals surface area contributed by atoms with Crippen molar-refractivity contribution in [3.05, 3.63) is 41.6 Å². The van der Waals surface area contributed by atoms with Gasteiger partial charge in [-0.2, -0.15) is 5.10 Å². The van der Waals surface area contributed by atoms with Crippen molar-refractivity contribution in [1.82, 2.24) is 10.2 Å². The van der Waals surface area contributed by atoms with Crippen LogP contribution in [-0.4, -0.2) is 35.3 Å². The van der Waals surface area contributed by atoms with Crippen LogP contribution in [0.15, 0.2) is 30.3 Å². The van der Waals surface area contributed by atoms with Crippen LogP contribution in [0, 0.1) is 5.92 Å². The number of benzene rings is 1. The number of amides is 2. The van der Waals surface area contributed by atoms with E-state index in [9.17, 15) is 9.59 Å². The van der Waals surface area contributed by atoms with E-state index in [4.69, 9.17) is 4.74 Å². The smallest absolute Gasteiger partial charge is 0.414 e. The molecule has 1 aliphatic heterocycles. The number of cyclic esters (lactones) is 1. The van der Waals surface area contributed by atoms with Gasteiger partial charge in [-0.15, -0.1) is 0 Å². The predicted octanol–water partition coefficient (Wildman–Crippen LogP) is 3.74. The fraction of sp³-hybridized carbons (Fsp3) is 0.450. The minimum Gasteiger partial charge on any atom is -0.447 e. The molecule has 1 saturated heterocycles. The second kappa shape index (κ2) is 7.82. The highest BCUT2D eigenvalue weighted by Gasteiger charge is 2.23. The zero-order valence-electron chi connectivity index (χ0n) is 15.2. The number of H-pyrrole nitrogens is 1. The number of carbonyl (C=O) groups is 2. The molecule has 2 aliphatic rings. The summed E-state index contributed by atoms with van der Waals surface area (Å²) >= 11 is 0. The summed E-state index contributed by atoms with van der Waals surface area (Å²) in [5.41, 5.74) is 2.31. The zero-order chi connectivity index (χ0) is 18.6. The molecule has 142 valence electrons. The number of hydrogen-bond acceptors (Lipinski definition) is 4. The molecule has 0 radical (unpaired) electrons. The molecule has 1 saturated carbocycles. The van der Waals surface area contributed by atoms with Gasteiger partial charge in [0.25, 0.3) is 5.91 Å². The monoisotopic (exact) mass is 368 g/mol. The summed E-state index contributed by atoms with van der Waals surface area (Å²) < 4.78 is 4.93. The fourth-order valence-electron chi connectivity index (χ4n) is 3.84. The number of hydrogen-bond donors (Lipinski definition) is 2. The SMILES string of the molecule is O=C(Nc1cc(CC2CCCCC2)[nH]n1)c1ccc(N2CCOC2=O)cc1. The molecule has 2 heterocycles. The molecule has 1 aromatic heterocycles. The summed E-state index contributed by atoms with van der Waals surface area (Å²) in [6.07, 6.45) is 7.16. The van der Waals surface area contributed by atoms with Crippen LogP contribution in [0.4, 0.5) is 16.3 Å². The Balaban J connectivity index is 1.35. The van der Waals surface area contributed by atoms with Gasteiger partial charge in [-0.25, -0.2) is 4.79 Å². The van der Waals surface area contributed by atoms with E-state index < -0.39 is 0 Å². The van der Waals surface area contributed by atoms with E-state index in [1.165, 1.54) is 32.1 Å². The van der Waals surface area contributed by atoms with E-state index >= 15 is 0 Å². The maximum atomic E-state index is 12.4. The van der Waals surface area contributed by atoms with Crippen LogP contribution in [0.2, 0.25) is 0 Å². The number of anilines is 2. The number of nitrogens with one attached hydrogen (secondary N) is 2. The van der Waals surface area contributed by atoms with Gasteiger partial charge >= 0.3 is 6.09 Å². The molecule has 2 fully saturated rings. The first-order valence-corrected chi connectivity index (χ1v) is 9.59. The third kappa shape index (κ3) is 4.13. The quantitative estimate of drug-likeness (QED) is 0.841. The van der Waals surface area contributed by atoms with E-state index in [-0.39, 0.29) is 12.0 Å². The highest BCUT2D eigenvalue weighted by Crippen LogP contribution is 2.27. The summed E-state index contributed by atoms with van der Waals surface area (Å²) in [6, 6.07) is 8.82. The molecular formula is C20H24N4O3. The van der Waals surface area contributed by atoms with Crippen molar-refractivity contribution in [3.63, 3.8) is 0 Å². The van der Waals surface area contributed by atoms with Crippen LogP contribution in [0.25, 0.3) is 0 Å². The maximum absolute atomic E-state index is 12.4. The molecule has 2 N–H and O–H groups in total. The lowest BCUT2D eigenvalue weighted by Crippen LogP contribution is -2.23. The summed E-state index contributed by atoms with van der Waals surface area (Å²) in [5.74, 6) is 1.03. The predicted molar refractivity (Wildman–Crippen MR) is 102 cm³/mol. The molecule has 7 heteroatoms. The van der Waals surface area contributed by atoms with Crippen LogP contribution >= 0.6 is 0 Å². The largest absolute Gasteiger partial charge is 0.447 e. The lowest BCUT2D eigenvalue weighted by atomic mass is 9.86. The van der Waals surface area contributed by atoms with Crippen LogP contribution in [0.1, 0.15) is 48.2 Å². The molecule has 0 atom stereocenters. The van der Waals surface area contributed by atoms with Gasteiger partial charge in [0.15, 0.2) is 5.82 Å². The molecule has 7 nitrogen and oxygen atoms in total. The van der Waals surface area contributed by atoms with Crippen molar-refractivity contribution < 1.29 is 14.3 Å². The van der Waals surface area contributed by atoms with E-state index in [2.05, 4.69) is 15.5 Å². The van der Waals surface area contributed by atoms with Gasteiger partial charge in [0.05, 0.1) is 6.54 Å². The molecule has 0 bridgehead atoms. The Morgan fingerprint density at radius 2 is 2.00 bits per heavy atom. The number of rotatable bonds is 5. The lowest BCUT2D eigenvalue weighted by molar-refractivity contribution is 0.102. The van der Waals surface area contributed by atoms with Gasteiger partial charge in [-0.05, 0) is 36.6 Å². The molecule has 4 rings (SSSR count). The second-order valence-electron chi connectivity index (χ2n) is 7.25. The van der Waals surface area contributed by atoms with Crippen molar-refractivity contribution in [1.29, 1.82) is 0 Å². The number of ether oxygens (including phenoxy) is 1. The number of carbonyl (C=O) groups excluding carboxylic acids is 2.